The van der Waals surface area contributed by atoms with Crippen molar-refractivity contribution in [2.24, 2.45) is 0 Å². The molecule has 0 aliphatic rings. The lowest BCUT2D eigenvalue weighted by Gasteiger charge is -2.11. The molecule has 0 heterocycles. The summed E-state index contributed by atoms with van der Waals surface area (Å²) in [7, 11) is 3.03. The minimum atomic E-state index is -0.237. The van der Waals surface area contributed by atoms with E-state index >= 15 is 0 Å². The van der Waals surface area contributed by atoms with Crippen LogP contribution in [0.2, 0.25) is 0 Å². The second-order valence-corrected chi connectivity index (χ2v) is 3.28. The molecule has 0 aromatic heterocycles. The average Bonchev–Trinajstić information content (AvgIpc) is 2.27. The Balaban J connectivity index is 3.27. The first-order chi connectivity index (χ1) is 7.63. The van der Waals surface area contributed by atoms with E-state index < -0.39 is 0 Å². The summed E-state index contributed by atoms with van der Waals surface area (Å²) in [6, 6.07) is 5.22. The number of methoxy groups -OCH3 is 2. The van der Waals surface area contributed by atoms with Crippen LogP contribution in [-0.4, -0.2) is 20.0 Å². The van der Waals surface area contributed by atoms with E-state index in [0.29, 0.717) is 17.1 Å². The number of carbonyl (C=O) groups excluding carboxylic acids is 1. The second kappa shape index (κ2) is 5.17. The fourth-order valence-electron chi connectivity index (χ4n) is 1.52. The van der Waals surface area contributed by atoms with Gasteiger partial charge < -0.3 is 9.47 Å². The fourth-order valence-corrected chi connectivity index (χ4v) is 1.52. The van der Waals surface area contributed by atoms with Crippen LogP contribution in [0.25, 0.3) is 0 Å². The van der Waals surface area contributed by atoms with Crippen molar-refractivity contribution in [3.63, 3.8) is 0 Å². The van der Waals surface area contributed by atoms with E-state index in [1.165, 1.54) is 7.11 Å². The molecule has 0 N–H and O–H groups in total. The molecule has 1 aromatic rings. The molecule has 0 saturated heterocycles. The van der Waals surface area contributed by atoms with Gasteiger partial charge in [0.05, 0.1) is 32.3 Å². The third-order valence-corrected chi connectivity index (χ3v) is 2.25. The van der Waals surface area contributed by atoms with E-state index in [1.54, 1.807) is 26.2 Å². The monoisotopic (exact) mass is 219 g/mol. The van der Waals surface area contributed by atoms with Crippen LogP contribution in [0, 0.1) is 18.3 Å². The number of nitrogens with zero attached hydrogens (tertiary/aromatic N) is 1. The first-order valence-electron chi connectivity index (χ1n) is 4.76. The third-order valence-electron chi connectivity index (χ3n) is 2.25. The van der Waals surface area contributed by atoms with E-state index in [2.05, 4.69) is 0 Å². The summed E-state index contributed by atoms with van der Waals surface area (Å²) < 4.78 is 10.2. The van der Waals surface area contributed by atoms with Crippen LogP contribution >= 0.6 is 0 Å². The molecule has 0 fully saturated rings. The van der Waals surface area contributed by atoms with Crippen molar-refractivity contribution in [3.05, 3.63) is 23.3 Å². The molecule has 0 aliphatic carbocycles. The van der Waals surface area contributed by atoms with Crippen LogP contribution in [-0.2, 0) is 0 Å². The van der Waals surface area contributed by atoms with Crippen molar-refractivity contribution in [3.8, 4) is 17.6 Å². The largest absolute Gasteiger partial charge is 0.497 e. The summed E-state index contributed by atoms with van der Waals surface area (Å²) in [4.78, 5) is 11.7. The van der Waals surface area contributed by atoms with Crippen LogP contribution in [0.3, 0.4) is 0 Å². The average molecular weight is 219 g/mol. The SMILES string of the molecule is COc1cc(C)c(C(=O)CC#N)c(OC)c1. The molecule has 0 unspecified atom stereocenters. The number of hydrogen-bond donors (Lipinski definition) is 0. The second-order valence-electron chi connectivity index (χ2n) is 3.28. The Kier molecular flexibility index (Phi) is 3.90. The van der Waals surface area contributed by atoms with Crippen molar-refractivity contribution in [1.29, 1.82) is 5.26 Å². The number of benzene rings is 1. The number of Topliss-reactive ketones (excluding diaryl/α,β-unsaturated/α-hetero) is 1. The zero-order chi connectivity index (χ0) is 12.1. The molecule has 16 heavy (non-hydrogen) atoms. The summed E-state index contributed by atoms with van der Waals surface area (Å²) in [6.07, 6.45) is -0.149. The van der Waals surface area contributed by atoms with Crippen LogP contribution in [0.1, 0.15) is 22.3 Å². The summed E-state index contributed by atoms with van der Waals surface area (Å²) in [5.74, 6) is 0.833. The summed E-state index contributed by atoms with van der Waals surface area (Å²) in [5.41, 5.74) is 1.20. The van der Waals surface area contributed by atoms with Gasteiger partial charge in [0.1, 0.15) is 11.5 Å². The van der Waals surface area contributed by atoms with Gasteiger partial charge in [0.25, 0.3) is 0 Å². The maximum Gasteiger partial charge on any atom is 0.180 e. The molecular formula is C12H13NO3. The Hall–Kier alpha value is -2.02. The molecule has 4 heteroatoms. The van der Waals surface area contributed by atoms with E-state index in [-0.39, 0.29) is 12.2 Å². The van der Waals surface area contributed by atoms with Gasteiger partial charge in [-0.25, -0.2) is 0 Å². The fraction of sp³-hybridized carbons (Fsp3) is 0.333. The van der Waals surface area contributed by atoms with Gasteiger partial charge in [-0.3, -0.25) is 4.79 Å². The van der Waals surface area contributed by atoms with Gasteiger partial charge in [0.15, 0.2) is 5.78 Å². The molecule has 0 atom stereocenters. The Bertz CT molecular complexity index is 446. The highest BCUT2D eigenvalue weighted by Gasteiger charge is 2.16. The van der Waals surface area contributed by atoms with Gasteiger partial charge in [-0.15, -0.1) is 0 Å². The Morgan fingerprint density at radius 2 is 2.06 bits per heavy atom. The van der Waals surface area contributed by atoms with Crippen LogP contribution < -0.4 is 9.47 Å². The molecule has 0 spiro atoms. The maximum atomic E-state index is 11.7. The zero-order valence-corrected chi connectivity index (χ0v) is 9.53. The standard InChI is InChI=1S/C12H13NO3/c1-8-6-9(15-2)7-11(16-3)12(8)10(14)4-5-13/h6-7H,4H2,1-3H3. The number of carbonyl (C=O) groups is 1. The Morgan fingerprint density at radius 1 is 1.38 bits per heavy atom. The summed E-state index contributed by atoms with van der Waals surface area (Å²) in [5, 5.41) is 8.52. The number of ketones is 1. The van der Waals surface area contributed by atoms with Gasteiger partial charge >= 0.3 is 0 Å². The number of nitriles is 1. The normalized spacial score (nSPS) is 9.38. The van der Waals surface area contributed by atoms with Crippen molar-refractivity contribution in [2.75, 3.05) is 14.2 Å². The third kappa shape index (κ3) is 2.31. The van der Waals surface area contributed by atoms with Crippen molar-refractivity contribution >= 4 is 5.78 Å². The first kappa shape index (κ1) is 12.1. The topological polar surface area (TPSA) is 59.3 Å². The Labute approximate surface area is 94.4 Å². The van der Waals surface area contributed by atoms with Crippen LogP contribution in [0.4, 0.5) is 0 Å². The van der Waals surface area contributed by atoms with Crippen molar-refractivity contribution in [1.82, 2.24) is 0 Å². The Morgan fingerprint density at radius 3 is 2.56 bits per heavy atom. The highest BCUT2D eigenvalue weighted by Crippen LogP contribution is 2.29. The number of hydrogen-bond acceptors (Lipinski definition) is 4. The number of rotatable bonds is 4. The van der Waals surface area contributed by atoms with E-state index in [1.807, 2.05) is 6.07 Å². The van der Waals surface area contributed by atoms with Gasteiger partial charge in [0.2, 0.25) is 0 Å². The molecule has 0 saturated carbocycles. The lowest BCUT2D eigenvalue weighted by molar-refractivity contribution is 0.0994. The molecule has 1 aromatic carbocycles. The lowest BCUT2D eigenvalue weighted by Crippen LogP contribution is -2.04. The molecule has 0 amide bonds. The number of ether oxygens (including phenoxy) is 2. The molecule has 0 radical (unpaired) electrons. The van der Waals surface area contributed by atoms with E-state index in [9.17, 15) is 4.79 Å². The smallest absolute Gasteiger partial charge is 0.180 e. The van der Waals surface area contributed by atoms with Crippen molar-refractivity contribution < 1.29 is 14.3 Å². The van der Waals surface area contributed by atoms with Crippen molar-refractivity contribution in [2.45, 2.75) is 13.3 Å². The summed E-state index contributed by atoms with van der Waals surface area (Å²) >= 11 is 0. The molecule has 84 valence electrons. The molecule has 0 aliphatic heterocycles. The highest BCUT2D eigenvalue weighted by molar-refractivity contribution is 6.01. The summed E-state index contributed by atoms with van der Waals surface area (Å²) in [6.45, 7) is 1.79. The lowest BCUT2D eigenvalue weighted by atomic mass is 10.0. The molecule has 4 nitrogen and oxygen atoms in total. The van der Waals surface area contributed by atoms with Gasteiger partial charge in [-0.05, 0) is 18.6 Å². The zero-order valence-electron chi connectivity index (χ0n) is 9.53. The first-order valence-corrected chi connectivity index (χ1v) is 4.76. The van der Waals surface area contributed by atoms with Gasteiger partial charge in [0, 0.05) is 6.07 Å². The molecular weight excluding hydrogens is 206 g/mol. The predicted octanol–water partition coefficient (Wildman–Crippen LogP) is 2.11. The molecule has 1 rings (SSSR count). The quantitative estimate of drug-likeness (QED) is 0.727. The van der Waals surface area contributed by atoms with Crippen LogP contribution in [0.15, 0.2) is 12.1 Å². The minimum absolute atomic E-state index is 0.149. The highest BCUT2D eigenvalue weighted by atomic mass is 16.5. The van der Waals surface area contributed by atoms with E-state index in [4.69, 9.17) is 14.7 Å². The van der Waals surface area contributed by atoms with Crippen LogP contribution in [0.5, 0.6) is 11.5 Å². The minimum Gasteiger partial charge on any atom is -0.497 e. The van der Waals surface area contributed by atoms with E-state index in [0.717, 1.165) is 5.56 Å². The van der Waals surface area contributed by atoms with Gasteiger partial charge in [-0.2, -0.15) is 5.26 Å². The maximum absolute atomic E-state index is 11.7. The number of aryl methyl sites for hydroxylation is 1. The predicted molar refractivity (Wildman–Crippen MR) is 58.8 cm³/mol. The molecule has 0 bridgehead atoms. The van der Waals surface area contributed by atoms with Gasteiger partial charge in [-0.1, -0.05) is 0 Å².